The van der Waals surface area contributed by atoms with Gasteiger partial charge in [0.05, 0.1) is 23.3 Å². The molecule has 0 aliphatic rings. The van der Waals surface area contributed by atoms with Crippen LogP contribution in [0, 0.1) is 0 Å². The van der Waals surface area contributed by atoms with Gasteiger partial charge in [-0.2, -0.15) is 0 Å². The molecule has 0 heterocycles. The van der Waals surface area contributed by atoms with Crippen molar-refractivity contribution >= 4 is 21.5 Å². The molecule has 5 rings (SSSR count). The summed E-state index contributed by atoms with van der Waals surface area (Å²) in [6.07, 6.45) is 0. The quantitative estimate of drug-likeness (QED) is 0.293. The fourth-order valence-electron chi connectivity index (χ4n) is 2.84. The molecular weight excluding hydrogens is 312 g/mol. The summed E-state index contributed by atoms with van der Waals surface area (Å²) >= 11 is 0. The molecule has 0 spiro atoms. The molecule has 0 N–H and O–H groups in total. The van der Waals surface area contributed by atoms with Crippen LogP contribution in [-0.2, 0) is 0 Å². The highest BCUT2D eigenvalue weighted by molar-refractivity contribution is 6.14. The molecule has 5 aromatic carbocycles. The van der Waals surface area contributed by atoms with Crippen molar-refractivity contribution in [2.75, 3.05) is 0 Å². The van der Waals surface area contributed by atoms with E-state index in [0.717, 1.165) is 6.07 Å². The monoisotopic (exact) mass is 347 g/mol. The minimum Gasteiger partial charge on any atom is -0.0622 e. The Bertz CT molecular complexity index is 1990. The van der Waals surface area contributed by atoms with E-state index in [9.17, 15) is 0 Å². The molecule has 122 valence electrons. The molecular formula is C26H18. The highest BCUT2D eigenvalue weighted by Crippen LogP contribution is 2.40. The summed E-state index contributed by atoms with van der Waals surface area (Å²) in [5.74, 6) is 0. The van der Waals surface area contributed by atoms with E-state index in [1.165, 1.54) is 0 Å². The minimum absolute atomic E-state index is 0.224. The van der Waals surface area contributed by atoms with Crippen LogP contribution < -0.4 is 0 Å². The first kappa shape index (κ1) is 5.56. The third-order valence-electron chi connectivity index (χ3n) is 3.91. The Labute approximate surface area is 177 Å². The summed E-state index contributed by atoms with van der Waals surface area (Å²) in [7, 11) is 0. The van der Waals surface area contributed by atoms with Crippen LogP contribution in [0.1, 0.15) is 23.3 Å². The first-order chi connectivity index (χ1) is 20.0. The number of benzene rings is 5. The van der Waals surface area contributed by atoms with E-state index in [2.05, 4.69) is 0 Å². The van der Waals surface area contributed by atoms with Crippen molar-refractivity contribution in [3.63, 3.8) is 0 Å². The smallest absolute Gasteiger partial charge is 0.0622 e. The van der Waals surface area contributed by atoms with Crippen molar-refractivity contribution in [2.24, 2.45) is 0 Å². The summed E-state index contributed by atoms with van der Waals surface area (Å²) in [6, 6.07) is -11.5. The molecule has 0 radical (unpaired) electrons. The molecule has 0 saturated heterocycles. The average molecular weight is 348 g/mol. The number of hydrogen-bond donors (Lipinski definition) is 0. The van der Waals surface area contributed by atoms with Crippen LogP contribution in [0.5, 0.6) is 0 Å². The van der Waals surface area contributed by atoms with Crippen LogP contribution in [0.4, 0.5) is 0 Å². The molecule has 0 saturated carbocycles. The summed E-state index contributed by atoms with van der Waals surface area (Å²) in [5, 5.41) is -1.14. The normalized spacial score (nSPS) is 20.2. The van der Waals surface area contributed by atoms with Crippen molar-refractivity contribution in [2.45, 2.75) is 0 Å². The Balaban J connectivity index is 2.26. The third-order valence-corrected chi connectivity index (χ3v) is 3.91. The highest BCUT2D eigenvalue weighted by Gasteiger charge is 2.13. The molecule has 26 heavy (non-hydrogen) atoms. The lowest BCUT2D eigenvalue weighted by atomic mass is 9.88. The first-order valence-electron chi connectivity index (χ1n) is 16.1. The summed E-state index contributed by atoms with van der Waals surface area (Å²) in [4.78, 5) is 0. The molecule has 0 atom stereocenters. The Hall–Kier alpha value is -3.38. The zero-order valence-corrected chi connectivity index (χ0v) is 13.1. The molecule has 0 nitrogen and oxygen atoms in total. The second-order valence-corrected chi connectivity index (χ2v) is 5.35. The maximum atomic E-state index is 8.91. The highest BCUT2D eigenvalue weighted by atomic mass is 14.2. The van der Waals surface area contributed by atoms with E-state index in [1.54, 1.807) is 0 Å². The Morgan fingerprint density at radius 1 is 0.462 bits per heavy atom. The van der Waals surface area contributed by atoms with E-state index < -0.39 is 125 Å². The lowest BCUT2D eigenvalue weighted by Gasteiger charge is -2.16. The second kappa shape index (κ2) is 6.16. The van der Waals surface area contributed by atoms with Gasteiger partial charge >= 0.3 is 0 Å². The lowest BCUT2D eigenvalue weighted by molar-refractivity contribution is 1.61. The molecule has 5 aromatic rings. The van der Waals surface area contributed by atoms with Gasteiger partial charge in [-0.05, 0) is 49.9 Å². The van der Waals surface area contributed by atoms with Crippen LogP contribution in [0.3, 0.4) is 0 Å². The van der Waals surface area contributed by atoms with Gasteiger partial charge in [0.1, 0.15) is 0 Å². The molecule has 0 fully saturated rings. The van der Waals surface area contributed by atoms with Crippen molar-refractivity contribution in [1.82, 2.24) is 0 Å². The zero-order valence-electron chi connectivity index (χ0n) is 30.1. The average Bonchev–Trinajstić information content (AvgIpc) is 2.99. The van der Waals surface area contributed by atoms with Gasteiger partial charge in [-0.3, -0.25) is 0 Å². The molecule has 0 unspecified atom stereocenters. The van der Waals surface area contributed by atoms with E-state index in [-0.39, 0.29) is 21.5 Å². The molecule has 0 bridgehead atoms. The predicted molar refractivity (Wildman–Crippen MR) is 112 cm³/mol. The summed E-state index contributed by atoms with van der Waals surface area (Å²) in [5.41, 5.74) is -2.22. The SMILES string of the molecule is [2H]c1c([2H])c([2H])c(-c2c([2H])c([2H])c([2H])c([2H])c2-c2c3c([2H])c([2H])c([2H])c([2H])c3cc3c([2H])c([2H])c([2H])c([2H])c23)c([2H])c1[2H]. The Morgan fingerprint density at radius 3 is 1.62 bits per heavy atom. The predicted octanol–water partition coefficient (Wildman–Crippen LogP) is 7.33. The van der Waals surface area contributed by atoms with Crippen LogP contribution >= 0.6 is 0 Å². The zero-order chi connectivity index (χ0) is 32.1. The van der Waals surface area contributed by atoms with E-state index in [4.69, 9.17) is 23.3 Å². The van der Waals surface area contributed by atoms with Crippen molar-refractivity contribution in [3.05, 3.63) is 109 Å². The number of hydrogen-bond acceptors (Lipinski definition) is 0. The second-order valence-electron chi connectivity index (χ2n) is 5.35. The Kier molecular flexibility index (Phi) is 1.32. The maximum absolute atomic E-state index is 8.91. The van der Waals surface area contributed by atoms with Crippen LogP contribution in [-0.4, -0.2) is 0 Å². The van der Waals surface area contributed by atoms with Crippen molar-refractivity contribution in [1.29, 1.82) is 0 Å². The molecule has 0 heteroatoms. The van der Waals surface area contributed by atoms with Gasteiger partial charge in [-0.25, -0.2) is 0 Å². The fourth-order valence-corrected chi connectivity index (χ4v) is 2.84. The van der Waals surface area contributed by atoms with Gasteiger partial charge in [0, 0.05) is 0 Å². The molecule has 0 aliphatic heterocycles. The first-order valence-corrected chi connectivity index (χ1v) is 7.58. The van der Waals surface area contributed by atoms with Crippen LogP contribution in [0.25, 0.3) is 43.8 Å². The van der Waals surface area contributed by atoms with Gasteiger partial charge in [0.25, 0.3) is 0 Å². The van der Waals surface area contributed by atoms with Gasteiger partial charge in [-0.15, -0.1) is 0 Å². The summed E-state index contributed by atoms with van der Waals surface area (Å²) < 4.78 is 144. The number of fused-ring (bicyclic) bond motifs is 2. The van der Waals surface area contributed by atoms with E-state index in [0.29, 0.717) is 0 Å². The lowest BCUT2D eigenvalue weighted by Crippen LogP contribution is -1.89. The van der Waals surface area contributed by atoms with Gasteiger partial charge in [0.2, 0.25) is 0 Å². The molecule has 0 amide bonds. The van der Waals surface area contributed by atoms with E-state index in [1.807, 2.05) is 0 Å². The topological polar surface area (TPSA) is 0 Å². The van der Waals surface area contributed by atoms with Crippen molar-refractivity contribution in [3.8, 4) is 22.3 Å². The van der Waals surface area contributed by atoms with E-state index >= 15 is 0 Å². The third kappa shape index (κ3) is 2.39. The van der Waals surface area contributed by atoms with Crippen LogP contribution in [0.15, 0.2) is 109 Å². The summed E-state index contributed by atoms with van der Waals surface area (Å²) in [6.45, 7) is 0. The minimum atomic E-state index is -0.832. The van der Waals surface area contributed by atoms with Crippen LogP contribution in [0.2, 0.25) is 0 Å². The largest absolute Gasteiger partial charge is 0.0629 e. The maximum Gasteiger partial charge on any atom is 0.0629 e. The number of rotatable bonds is 2. The fraction of sp³-hybridized carbons (Fsp3) is 0. The molecule has 0 aromatic heterocycles. The van der Waals surface area contributed by atoms with Crippen molar-refractivity contribution < 1.29 is 23.3 Å². The van der Waals surface area contributed by atoms with Gasteiger partial charge in [0.15, 0.2) is 0 Å². The van der Waals surface area contributed by atoms with Gasteiger partial charge in [-0.1, -0.05) is 103 Å². The Morgan fingerprint density at radius 2 is 0.962 bits per heavy atom. The standard InChI is InChI=1S/C26H18/c1-2-10-19(11-3-1)22-14-8-9-17-25(22)26-23-15-6-4-12-20(23)18-21-13-5-7-16-24(21)26/h1-18H/i1D,2D,3D,4D,5D,6D,7D,8D,9D,10D,11D,12D,13D,14D,15D,16D,17D. The molecule has 0 aliphatic carbocycles. The van der Waals surface area contributed by atoms with Gasteiger partial charge < -0.3 is 0 Å².